The largest absolute Gasteiger partial charge is 0.321 e. The van der Waals surface area contributed by atoms with Crippen molar-refractivity contribution in [3.63, 3.8) is 0 Å². The Kier molecular flexibility index (Phi) is 4.79. The van der Waals surface area contributed by atoms with Gasteiger partial charge < -0.3 is 9.88 Å². The standard InChI is InChI=1S/C19H15F3N2O2/c1-2-7-24-17(18(25)23-13-5-3-12(20)4-6-13)9-11-8-15(21)16(22)10-14(11)19(24)26/h3-6,8-10H,2,7H2,1H3,(H,23,25). The van der Waals surface area contributed by atoms with Crippen molar-refractivity contribution in [2.45, 2.75) is 19.9 Å². The fourth-order valence-corrected chi connectivity index (χ4v) is 2.71. The van der Waals surface area contributed by atoms with Crippen LogP contribution in [0.1, 0.15) is 23.8 Å². The second-order valence-corrected chi connectivity index (χ2v) is 5.80. The lowest BCUT2D eigenvalue weighted by atomic mass is 10.1. The predicted molar refractivity (Wildman–Crippen MR) is 92.8 cm³/mol. The number of nitrogens with one attached hydrogen (secondary N) is 1. The van der Waals surface area contributed by atoms with Gasteiger partial charge in [0.1, 0.15) is 11.5 Å². The highest BCUT2D eigenvalue weighted by Gasteiger charge is 2.17. The van der Waals surface area contributed by atoms with Gasteiger partial charge >= 0.3 is 0 Å². The second-order valence-electron chi connectivity index (χ2n) is 5.80. The van der Waals surface area contributed by atoms with Crippen molar-refractivity contribution in [2.24, 2.45) is 0 Å². The number of aromatic nitrogens is 1. The third-order valence-electron chi connectivity index (χ3n) is 3.93. The number of hydrogen-bond donors (Lipinski definition) is 1. The first-order valence-corrected chi connectivity index (χ1v) is 8.00. The fraction of sp³-hybridized carbons (Fsp3) is 0.158. The van der Waals surface area contributed by atoms with Gasteiger partial charge in [-0.25, -0.2) is 13.2 Å². The summed E-state index contributed by atoms with van der Waals surface area (Å²) in [5.74, 6) is -3.28. The van der Waals surface area contributed by atoms with E-state index in [1.807, 2.05) is 6.92 Å². The van der Waals surface area contributed by atoms with Crippen molar-refractivity contribution in [2.75, 3.05) is 5.32 Å². The van der Waals surface area contributed by atoms with Crippen LogP contribution in [-0.2, 0) is 6.54 Å². The van der Waals surface area contributed by atoms with Crippen molar-refractivity contribution in [1.82, 2.24) is 4.57 Å². The van der Waals surface area contributed by atoms with Crippen molar-refractivity contribution >= 4 is 22.4 Å². The molecule has 1 heterocycles. The van der Waals surface area contributed by atoms with Gasteiger partial charge in [-0.3, -0.25) is 9.59 Å². The van der Waals surface area contributed by atoms with Gasteiger partial charge in [-0.15, -0.1) is 0 Å². The molecule has 1 aromatic heterocycles. The molecule has 0 aliphatic rings. The summed E-state index contributed by atoms with van der Waals surface area (Å²) in [5, 5.41) is 2.70. The van der Waals surface area contributed by atoms with Gasteiger partial charge in [0, 0.05) is 12.2 Å². The maximum Gasteiger partial charge on any atom is 0.272 e. The van der Waals surface area contributed by atoms with Gasteiger partial charge in [-0.1, -0.05) is 6.92 Å². The molecule has 0 atom stereocenters. The number of hydrogen-bond acceptors (Lipinski definition) is 2. The Morgan fingerprint density at radius 2 is 1.69 bits per heavy atom. The highest BCUT2D eigenvalue weighted by molar-refractivity contribution is 6.05. The zero-order valence-corrected chi connectivity index (χ0v) is 13.9. The topological polar surface area (TPSA) is 51.1 Å². The molecule has 134 valence electrons. The van der Waals surface area contributed by atoms with Gasteiger partial charge in [0.05, 0.1) is 5.39 Å². The van der Waals surface area contributed by atoms with E-state index in [0.29, 0.717) is 12.1 Å². The molecule has 0 aliphatic heterocycles. The minimum absolute atomic E-state index is 0.00400. The molecule has 4 nitrogen and oxygen atoms in total. The van der Waals surface area contributed by atoms with Crippen molar-refractivity contribution in [3.05, 3.63) is 76.0 Å². The lowest BCUT2D eigenvalue weighted by molar-refractivity contribution is 0.101. The van der Waals surface area contributed by atoms with E-state index in [4.69, 9.17) is 0 Å². The summed E-state index contributed by atoms with van der Waals surface area (Å²) in [5.41, 5.74) is -0.218. The first-order valence-electron chi connectivity index (χ1n) is 8.00. The minimum atomic E-state index is -1.12. The smallest absolute Gasteiger partial charge is 0.272 e. The molecule has 0 unspecified atom stereocenters. The number of pyridine rings is 1. The summed E-state index contributed by atoms with van der Waals surface area (Å²) in [6, 6.07) is 8.20. The molecule has 0 spiro atoms. The summed E-state index contributed by atoms with van der Waals surface area (Å²) in [7, 11) is 0. The number of rotatable bonds is 4. The van der Waals surface area contributed by atoms with Gasteiger partial charge in [0.2, 0.25) is 0 Å². The van der Waals surface area contributed by atoms with E-state index >= 15 is 0 Å². The van der Waals surface area contributed by atoms with Crippen LogP contribution in [0.25, 0.3) is 10.8 Å². The number of fused-ring (bicyclic) bond motifs is 1. The summed E-state index contributed by atoms with van der Waals surface area (Å²) >= 11 is 0. The van der Waals surface area contributed by atoms with E-state index in [1.54, 1.807) is 0 Å². The van der Waals surface area contributed by atoms with Crippen LogP contribution in [-0.4, -0.2) is 10.5 Å². The SMILES string of the molecule is CCCn1c(C(=O)Nc2ccc(F)cc2)cc2cc(F)c(F)cc2c1=O. The second kappa shape index (κ2) is 7.03. The molecule has 1 N–H and O–H groups in total. The van der Waals surface area contributed by atoms with Crippen LogP contribution in [0.5, 0.6) is 0 Å². The molecule has 0 saturated carbocycles. The fourth-order valence-electron chi connectivity index (χ4n) is 2.71. The average Bonchev–Trinajstić information content (AvgIpc) is 2.61. The summed E-state index contributed by atoms with van der Waals surface area (Å²) in [6.45, 7) is 2.06. The first-order chi connectivity index (χ1) is 12.4. The van der Waals surface area contributed by atoms with Crippen LogP contribution in [0.4, 0.5) is 18.9 Å². The number of anilines is 1. The molecule has 1 amide bonds. The Labute approximate surface area is 146 Å². The molecule has 0 saturated heterocycles. The first kappa shape index (κ1) is 17.7. The molecule has 3 aromatic rings. The molecule has 0 radical (unpaired) electrons. The maximum atomic E-state index is 13.5. The van der Waals surface area contributed by atoms with Gasteiger partial charge in [-0.05, 0) is 54.3 Å². The van der Waals surface area contributed by atoms with Crippen LogP contribution in [0.15, 0.2) is 47.3 Å². The molecular formula is C19H15F3N2O2. The molecule has 7 heteroatoms. The van der Waals surface area contributed by atoms with E-state index in [0.717, 1.165) is 12.1 Å². The molecule has 0 bridgehead atoms. The van der Waals surface area contributed by atoms with Gasteiger partial charge in [0.15, 0.2) is 11.6 Å². The quantitative estimate of drug-likeness (QED) is 0.762. The third-order valence-corrected chi connectivity index (χ3v) is 3.93. The maximum absolute atomic E-state index is 13.5. The van der Waals surface area contributed by atoms with Crippen LogP contribution >= 0.6 is 0 Å². The van der Waals surface area contributed by atoms with E-state index in [2.05, 4.69) is 5.32 Å². The molecule has 0 fully saturated rings. The minimum Gasteiger partial charge on any atom is -0.321 e. The van der Waals surface area contributed by atoms with Crippen LogP contribution in [0, 0.1) is 17.5 Å². The number of carbonyl (C=O) groups is 1. The highest BCUT2D eigenvalue weighted by atomic mass is 19.2. The molecular weight excluding hydrogens is 345 g/mol. The molecule has 26 heavy (non-hydrogen) atoms. The molecule has 2 aromatic carbocycles. The number of benzene rings is 2. The summed E-state index contributed by atoms with van der Waals surface area (Å²) in [6.07, 6.45) is 0.561. The van der Waals surface area contributed by atoms with E-state index in [-0.39, 0.29) is 23.0 Å². The van der Waals surface area contributed by atoms with E-state index in [1.165, 1.54) is 34.9 Å². The third kappa shape index (κ3) is 3.33. The Hall–Kier alpha value is -3.09. The number of nitrogens with zero attached hydrogens (tertiary/aromatic N) is 1. The zero-order chi connectivity index (χ0) is 18.8. The van der Waals surface area contributed by atoms with E-state index in [9.17, 15) is 22.8 Å². The molecule has 0 aliphatic carbocycles. The van der Waals surface area contributed by atoms with Crippen molar-refractivity contribution in [3.8, 4) is 0 Å². The van der Waals surface area contributed by atoms with Crippen molar-refractivity contribution in [1.29, 1.82) is 0 Å². The number of amides is 1. The lowest BCUT2D eigenvalue weighted by Crippen LogP contribution is -2.29. The molecule has 3 rings (SSSR count). The Morgan fingerprint density at radius 1 is 1.04 bits per heavy atom. The normalized spacial score (nSPS) is 10.9. The monoisotopic (exact) mass is 360 g/mol. The summed E-state index contributed by atoms with van der Waals surface area (Å²) in [4.78, 5) is 25.3. The van der Waals surface area contributed by atoms with Crippen molar-refractivity contribution < 1.29 is 18.0 Å². The number of carbonyl (C=O) groups excluding carboxylic acids is 1. The Morgan fingerprint density at radius 3 is 2.35 bits per heavy atom. The van der Waals surface area contributed by atoms with Crippen LogP contribution < -0.4 is 10.9 Å². The Bertz CT molecular complexity index is 1040. The predicted octanol–water partition coefficient (Wildman–Crippen LogP) is 4.08. The lowest BCUT2D eigenvalue weighted by Gasteiger charge is -2.14. The highest BCUT2D eigenvalue weighted by Crippen LogP contribution is 2.18. The van der Waals surface area contributed by atoms with Crippen LogP contribution in [0.3, 0.4) is 0 Å². The zero-order valence-electron chi connectivity index (χ0n) is 13.9. The Balaban J connectivity index is 2.12. The van der Waals surface area contributed by atoms with Gasteiger partial charge in [-0.2, -0.15) is 0 Å². The summed E-state index contributed by atoms with van der Waals surface area (Å²) < 4.78 is 41.2. The van der Waals surface area contributed by atoms with Gasteiger partial charge in [0.25, 0.3) is 11.5 Å². The number of halogens is 3. The van der Waals surface area contributed by atoms with E-state index < -0.39 is 28.9 Å². The van der Waals surface area contributed by atoms with Crippen LogP contribution in [0.2, 0.25) is 0 Å². The average molecular weight is 360 g/mol.